The molecular formula is C22H20N2O2. The molecule has 4 rings (SSSR count). The first-order valence-electron chi connectivity index (χ1n) is 8.69. The summed E-state index contributed by atoms with van der Waals surface area (Å²) in [4.78, 5) is 4.67. The lowest BCUT2D eigenvalue weighted by Gasteiger charge is -2.15. The van der Waals surface area contributed by atoms with Gasteiger partial charge in [0.1, 0.15) is 24.3 Å². The topological polar surface area (TPSA) is 47.3 Å². The van der Waals surface area contributed by atoms with Crippen LogP contribution in [0.3, 0.4) is 0 Å². The molecule has 0 aliphatic heterocycles. The van der Waals surface area contributed by atoms with E-state index >= 15 is 0 Å². The fourth-order valence-electron chi connectivity index (χ4n) is 3.09. The summed E-state index contributed by atoms with van der Waals surface area (Å²) in [5.41, 5.74) is 2.69. The van der Waals surface area contributed by atoms with Crippen molar-refractivity contribution >= 4 is 11.0 Å². The monoisotopic (exact) mass is 344 g/mol. The number of hydrogen-bond acceptors (Lipinski definition) is 3. The third-order valence-corrected chi connectivity index (χ3v) is 4.37. The van der Waals surface area contributed by atoms with Crippen LogP contribution in [0.5, 0.6) is 5.75 Å². The van der Waals surface area contributed by atoms with Crippen LogP contribution >= 0.6 is 0 Å². The van der Waals surface area contributed by atoms with Gasteiger partial charge in [0.25, 0.3) is 0 Å². The highest BCUT2D eigenvalue weighted by atomic mass is 16.5. The van der Waals surface area contributed by atoms with Gasteiger partial charge in [-0.3, -0.25) is 0 Å². The Morgan fingerprint density at radius 2 is 1.50 bits per heavy atom. The van der Waals surface area contributed by atoms with E-state index in [0.717, 1.165) is 22.3 Å². The molecule has 4 aromatic rings. The van der Waals surface area contributed by atoms with Crippen LogP contribution in [-0.2, 0) is 6.54 Å². The number of aromatic nitrogens is 2. The molecule has 0 aliphatic carbocycles. The Bertz CT molecular complexity index is 981. The van der Waals surface area contributed by atoms with E-state index in [1.165, 1.54) is 0 Å². The maximum absolute atomic E-state index is 10.9. The molecule has 0 radical (unpaired) electrons. The summed E-state index contributed by atoms with van der Waals surface area (Å²) in [6.07, 6.45) is -0.777. The van der Waals surface area contributed by atoms with E-state index in [9.17, 15) is 5.11 Å². The van der Waals surface area contributed by atoms with E-state index in [1.54, 1.807) is 0 Å². The van der Waals surface area contributed by atoms with E-state index in [-0.39, 0.29) is 0 Å². The summed E-state index contributed by atoms with van der Waals surface area (Å²) < 4.78 is 7.88. The quantitative estimate of drug-likeness (QED) is 0.570. The molecule has 1 N–H and O–H groups in total. The van der Waals surface area contributed by atoms with Crippen molar-refractivity contribution in [1.82, 2.24) is 9.55 Å². The third kappa shape index (κ3) is 3.32. The highest BCUT2D eigenvalue weighted by Gasteiger charge is 2.19. The Labute approximate surface area is 152 Å². The van der Waals surface area contributed by atoms with Crippen molar-refractivity contribution in [3.05, 3.63) is 96.3 Å². The summed E-state index contributed by atoms with van der Waals surface area (Å²) in [5.74, 6) is 1.47. The number of rotatable bonds is 6. The van der Waals surface area contributed by atoms with Gasteiger partial charge in [-0.25, -0.2) is 4.98 Å². The number of hydrogen-bond donors (Lipinski definition) is 1. The SMILES string of the molecule is O[C@@H](c1ccccc1)c1nc2ccccc2n1CCOc1ccccc1. The van der Waals surface area contributed by atoms with Crippen molar-refractivity contribution < 1.29 is 9.84 Å². The highest BCUT2D eigenvalue weighted by molar-refractivity contribution is 5.76. The zero-order chi connectivity index (χ0) is 17.8. The molecule has 130 valence electrons. The first kappa shape index (κ1) is 16.4. The van der Waals surface area contributed by atoms with Crippen molar-refractivity contribution in [1.29, 1.82) is 0 Å². The van der Waals surface area contributed by atoms with Gasteiger partial charge in [-0.1, -0.05) is 60.7 Å². The lowest BCUT2D eigenvalue weighted by Crippen LogP contribution is -2.14. The van der Waals surface area contributed by atoms with Gasteiger partial charge >= 0.3 is 0 Å². The summed E-state index contributed by atoms with van der Waals surface area (Å²) in [6, 6.07) is 27.3. The van der Waals surface area contributed by atoms with Gasteiger partial charge in [0.05, 0.1) is 17.6 Å². The molecule has 1 heterocycles. The number of aliphatic hydroxyl groups is 1. The molecule has 4 nitrogen and oxygen atoms in total. The molecule has 0 bridgehead atoms. The van der Waals surface area contributed by atoms with Gasteiger partial charge in [-0.15, -0.1) is 0 Å². The van der Waals surface area contributed by atoms with Gasteiger partial charge in [-0.2, -0.15) is 0 Å². The van der Waals surface area contributed by atoms with Crippen LogP contribution in [0, 0.1) is 0 Å². The van der Waals surface area contributed by atoms with Gasteiger partial charge in [-0.05, 0) is 29.8 Å². The Kier molecular flexibility index (Phi) is 4.67. The predicted molar refractivity (Wildman–Crippen MR) is 102 cm³/mol. The summed E-state index contributed by atoms with van der Waals surface area (Å²) in [7, 11) is 0. The third-order valence-electron chi connectivity index (χ3n) is 4.37. The Balaban J connectivity index is 1.63. The van der Waals surface area contributed by atoms with Crippen LogP contribution in [-0.4, -0.2) is 21.3 Å². The largest absolute Gasteiger partial charge is 0.492 e. The number of aliphatic hydroxyl groups excluding tert-OH is 1. The number of nitrogens with zero attached hydrogens (tertiary/aromatic N) is 2. The average Bonchev–Trinajstić information content (AvgIpc) is 3.08. The molecular weight excluding hydrogens is 324 g/mol. The summed E-state index contributed by atoms with van der Waals surface area (Å²) >= 11 is 0. The van der Waals surface area contributed by atoms with Crippen LogP contribution in [0.25, 0.3) is 11.0 Å². The molecule has 26 heavy (non-hydrogen) atoms. The van der Waals surface area contributed by atoms with E-state index in [2.05, 4.69) is 4.98 Å². The van der Waals surface area contributed by atoms with E-state index in [1.807, 2.05) is 89.5 Å². The molecule has 3 aromatic carbocycles. The molecule has 4 heteroatoms. The molecule has 0 spiro atoms. The van der Waals surface area contributed by atoms with E-state index in [0.29, 0.717) is 19.0 Å². The molecule has 0 saturated carbocycles. The second kappa shape index (κ2) is 7.42. The molecule has 1 aromatic heterocycles. The second-order valence-corrected chi connectivity index (χ2v) is 6.09. The van der Waals surface area contributed by atoms with Crippen LogP contribution in [0.1, 0.15) is 17.5 Å². The number of benzene rings is 3. The molecule has 0 aliphatic rings. The Hall–Kier alpha value is -3.11. The molecule has 0 amide bonds. The van der Waals surface area contributed by atoms with Crippen LogP contribution in [0.15, 0.2) is 84.9 Å². The molecule has 1 atom stereocenters. The summed E-state index contributed by atoms with van der Waals surface area (Å²) in [6.45, 7) is 1.10. The van der Waals surface area contributed by atoms with Crippen molar-refractivity contribution in [2.45, 2.75) is 12.6 Å². The van der Waals surface area contributed by atoms with Crippen LogP contribution in [0.4, 0.5) is 0 Å². The number of fused-ring (bicyclic) bond motifs is 1. The lowest BCUT2D eigenvalue weighted by molar-refractivity contribution is 0.201. The maximum atomic E-state index is 10.9. The number of ether oxygens (including phenoxy) is 1. The lowest BCUT2D eigenvalue weighted by atomic mass is 10.1. The van der Waals surface area contributed by atoms with E-state index in [4.69, 9.17) is 4.74 Å². The number of para-hydroxylation sites is 3. The van der Waals surface area contributed by atoms with Gasteiger partial charge in [0, 0.05) is 0 Å². The fraction of sp³-hybridized carbons (Fsp3) is 0.136. The minimum Gasteiger partial charge on any atom is -0.492 e. The molecule has 0 saturated heterocycles. The molecule has 0 unspecified atom stereocenters. The number of imidazole rings is 1. The summed E-state index contributed by atoms with van der Waals surface area (Å²) in [5, 5.41) is 10.9. The first-order chi connectivity index (χ1) is 12.8. The van der Waals surface area contributed by atoms with Crippen molar-refractivity contribution in [2.24, 2.45) is 0 Å². The van der Waals surface area contributed by atoms with E-state index < -0.39 is 6.10 Å². The standard InChI is InChI=1S/C22H20N2O2/c25-21(17-9-3-1-4-10-17)22-23-19-13-7-8-14-20(19)24(22)15-16-26-18-11-5-2-6-12-18/h1-14,21,25H,15-16H2/t21-/m0/s1. The zero-order valence-corrected chi connectivity index (χ0v) is 14.3. The van der Waals surface area contributed by atoms with Crippen molar-refractivity contribution in [3.8, 4) is 5.75 Å². The van der Waals surface area contributed by atoms with Crippen LogP contribution < -0.4 is 4.74 Å². The maximum Gasteiger partial charge on any atom is 0.143 e. The minimum atomic E-state index is -0.777. The minimum absolute atomic E-state index is 0.499. The Morgan fingerprint density at radius 3 is 2.27 bits per heavy atom. The van der Waals surface area contributed by atoms with Gasteiger partial charge in [0.2, 0.25) is 0 Å². The van der Waals surface area contributed by atoms with Gasteiger partial charge in [0.15, 0.2) is 0 Å². The van der Waals surface area contributed by atoms with Crippen LogP contribution in [0.2, 0.25) is 0 Å². The van der Waals surface area contributed by atoms with Crippen molar-refractivity contribution in [3.63, 3.8) is 0 Å². The Morgan fingerprint density at radius 1 is 0.846 bits per heavy atom. The predicted octanol–water partition coefficient (Wildman–Crippen LogP) is 4.20. The van der Waals surface area contributed by atoms with Gasteiger partial charge < -0.3 is 14.4 Å². The normalized spacial score (nSPS) is 12.2. The van der Waals surface area contributed by atoms with Crippen molar-refractivity contribution in [2.75, 3.05) is 6.61 Å². The smallest absolute Gasteiger partial charge is 0.143 e. The fourth-order valence-corrected chi connectivity index (χ4v) is 3.09. The second-order valence-electron chi connectivity index (χ2n) is 6.09. The average molecular weight is 344 g/mol. The highest BCUT2D eigenvalue weighted by Crippen LogP contribution is 2.25. The molecule has 0 fully saturated rings. The zero-order valence-electron chi connectivity index (χ0n) is 14.3. The first-order valence-corrected chi connectivity index (χ1v) is 8.69.